The molecule has 1 aromatic rings. The number of hydrogen-bond donors (Lipinski definition) is 0. The van der Waals surface area contributed by atoms with Crippen LogP contribution in [0.5, 0.6) is 0 Å². The molecule has 0 saturated carbocycles. The molecule has 0 aliphatic heterocycles. The van der Waals surface area contributed by atoms with Crippen molar-refractivity contribution in [2.45, 2.75) is 26.4 Å². The SMILES string of the molecule is C=CS(=O)(=O)N(Cc1ccccc1)C(C)C. The largest absolute Gasteiger partial charge is 0.236 e. The van der Waals surface area contributed by atoms with E-state index in [0.29, 0.717) is 6.54 Å². The second-order valence-corrected chi connectivity index (χ2v) is 5.67. The average molecular weight is 239 g/mol. The van der Waals surface area contributed by atoms with Crippen LogP contribution in [0.4, 0.5) is 0 Å². The highest BCUT2D eigenvalue weighted by atomic mass is 32.2. The monoisotopic (exact) mass is 239 g/mol. The van der Waals surface area contributed by atoms with Crippen LogP contribution >= 0.6 is 0 Å². The van der Waals surface area contributed by atoms with Crippen molar-refractivity contribution < 1.29 is 8.42 Å². The maximum atomic E-state index is 11.8. The Bertz CT molecular complexity index is 437. The van der Waals surface area contributed by atoms with E-state index in [1.165, 1.54) is 4.31 Å². The normalized spacial score (nSPS) is 12.0. The second kappa shape index (κ2) is 5.27. The van der Waals surface area contributed by atoms with Gasteiger partial charge in [-0.25, -0.2) is 8.42 Å². The van der Waals surface area contributed by atoms with Gasteiger partial charge in [0.25, 0.3) is 0 Å². The Morgan fingerprint density at radius 2 is 1.88 bits per heavy atom. The third-order valence-electron chi connectivity index (χ3n) is 2.29. The van der Waals surface area contributed by atoms with Crippen LogP contribution in [0, 0.1) is 0 Å². The van der Waals surface area contributed by atoms with Gasteiger partial charge in [0.1, 0.15) is 0 Å². The number of nitrogens with zero attached hydrogens (tertiary/aromatic N) is 1. The van der Waals surface area contributed by atoms with Crippen LogP contribution in [0.3, 0.4) is 0 Å². The van der Waals surface area contributed by atoms with Crippen LogP contribution in [0.1, 0.15) is 19.4 Å². The highest BCUT2D eigenvalue weighted by molar-refractivity contribution is 7.92. The van der Waals surface area contributed by atoms with Crippen molar-refractivity contribution in [3.8, 4) is 0 Å². The summed E-state index contributed by atoms with van der Waals surface area (Å²) in [6, 6.07) is 9.44. The van der Waals surface area contributed by atoms with Crippen LogP contribution in [-0.4, -0.2) is 18.8 Å². The molecule has 0 atom stereocenters. The molecule has 1 rings (SSSR count). The summed E-state index contributed by atoms with van der Waals surface area (Å²) in [7, 11) is -3.36. The molecule has 0 N–H and O–H groups in total. The molecule has 0 aliphatic carbocycles. The molecule has 4 heteroatoms. The van der Waals surface area contributed by atoms with Crippen LogP contribution in [0.15, 0.2) is 42.3 Å². The van der Waals surface area contributed by atoms with Gasteiger partial charge in [0.15, 0.2) is 0 Å². The molecule has 0 saturated heterocycles. The fourth-order valence-corrected chi connectivity index (χ4v) is 2.53. The fourth-order valence-electron chi connectivity index (χ4n) is 1.43. The van der Waals surface area contributed by atoms with Gasteiger partial charge in [0, 0.05) is 18.0 Å². The van der Waals surface area contributed by atoms with Crippen molar-refractivity contribution in [3.05, 3.63) is 47.9 Å². The van der Waals surface area contributed by atoms with Crippen molar-refractivity contribution >= 4 is 10.0 Å². The molecule has 16 heavy (non-hydrogen) atoms. The highest BCUT2D eigenvalue weighted by Crippen LogP contribution is 2.13. The first-order valence-corrected chi connectivity index (χ1v) is 6.66. The van der Waals surface area contributed by atoms with Gasteiger partial charge in [-0.05, 0) is 19.4 Å². The van der Waals surface area contributed by atoms with Gasteiger partial charge < -0.3 is 0 Å². The molecule has 0 fully saturated rings. The lowest BCUT2D eigenvalue weighted by molar-refractivity contribution is 0.353. The lowest BCUT2D eigenvalue weighted by atomic mass is 10.2. The van der Waals surface area contributed by atoms with Gasteiger partial charge in [-0.15, -0.1) is 0 Å². The second-order valence-electron chi connectivity index (χ2n) is 3.84. The lowest BCUT2D eigenvalue weighted by Crippen LogP contribution is -2.34. The Balaban J connectivity index is 2.94. The Kier molecular flexibility index (Phi) is 4.26. The van der Waals surface area contributed by atoms with Gasteiger partial charge in [-0.1, -0.05) is 36.9 Å². The molecule has 1 aromatic carbocycles. The molecule has 0 amide bonds. The summed E-state index contributed by atoms with van der Waals surface area (Å²) in [5.41, 5.74) is 0.974. The van der Waals surface area contributed by atoms with E-state index in [9.17, 15) is 8.42 Å². The summed E-state index contributed by atoms with van der Waals surface area (Å²) in [6.07, 6.45) is 0. The van der Waals surface area contributed by atoms with Gasteiger partial charge in [0.05, 0.1) is 0 Å². The summed E-state index contributed by atoms with van der Waals surface area (Å²) < 4.78 is 24.9. The molecule has 0 bridgehead atoms. The van der Waals surface area contributed by atoms with Crippen LogP contribution in [-0.2, 0) is 16.6 Å². The topological polar surface area (TPSA) is 37.4 Å². The van der Waals surface area contributed by atoms with E-state index in [1.54, 1.807) is 0 Å². The van der Waals surface area contributed by atoms with E-state index < -0.39 is 10.0 Å². The van der Waals surface area contributed by atoms with Crippen molar-refractivity contribution in [2.24, 2.45) is 0 Å². The zero-order valence-corrected chi connectivity index (χ0v) is 10.4. The van der Waals surface area contributed by atoms with E-state index in [4.69, 9.17) is 0 Å². The minimum atomic E-state index is -3.36. The van der Waals surface area contributed by atoms with Crippen molar-refractivity contribution in [2.75, 3.05) is 0 Å². The lowest BCUT2D eigenvalue weighted by Gasteiger charge is -2.24. The Labute approximate surface area is 97.5 Å². The Hall–Kier alpha value is -1.13. The molecular formula is C12H17NO2S. The number of rotatable bonds is 5. The van der Waals surface area contributed by atoms with E-state index in [-0.39, 0.29) is 6.04 Å². The third-order valence-corrected chi connectivity index (χ3v) is 3.92. The van der Waals surface area contributed by atoms with Crippen molar-refractivity contribution in [3.63, 3.8) is 0 Å². The van der Waals surface area contributed by atoms with E-state index in [2.05, 4.69) is 6.58 Å². The summed E-state index contributed by atoms with van der Waals surface area (Å²) in [6.45, 7) is 7.43. The average Bonchev–Trinajstić information content (AvgIpc) is 2.26. The van der Waals surface area contributed by atoms with Gasteiger partial charge >= 0.3 is 0 Å². The first-order chi connectivity index (χ1) is 7.47. The van der Waals surface area contributed by atoms with E-state index in [1.807, 2.05) is 44.2 Å². The molecule has 88 valence electrons. The van der Waals surface area contributed by atoms with Crippen LogP contribution < -0.4 is 0 Å². The maximum absolute atomic E-state index is 11.8. The quantitative estimate of drug-likeness (QED) is 0.791. The Morgan fingerprint density at radius 1 is 1.31 bits per heavy atom. The third kappa shape index (κ3) is 3.18. The summed E-state index contributed by atoms with van der Waals surface area (Å²) in [5.74, 6) is 0. The molecule has 0 unspecified atom stereocenters. The summed E-state index contributed by atoms with van der Waals surface area (Å²) in [4.78, 5) is 0. The van der Waals surface area contributed by atoms with Gasteiger partial charge in [-0.2, -0.15) is 4.31 Å². The molecule has 0 spiro atoms. The smallest absolute Gasteiger partial charge is 0.208 e. The van der Waals surface area contributed by atoms with E-state index >= 15 is 0 Å². The van der Waals surface area contributed by atoms with Crippen molar-refractivity contribution in [1.29, 1.82) is 0 Å². The standard InChI is InChI=1S/C12H17NO2S/c1-4-16(14,15)13(11(2)3)10-12-8-6-5-7-9-12/h4-9,11H,1,10H2,2-3H3. The molecule has 0 aliphatic rings. The van der Waals surface area contributed by atoms with Crippen LogP contribution in [0.2, 0.25) is 0 Å². The predicted molar refractivity (Wildman–Crippen MR) is 66.2 cm³/mol. The highest BCUT2D eigenvalue weighted by Gasteiger charge is 2.21. The first-order valence-electron chi connectivity index (χ1n) is 5.15. The number of hydrogen-bond acceptors (Lipinski definition) is 2. The first kappa shape index (κ1) is 12.9. The Morgan fingerprint density at radius 3 is 2.31 bits per heavy atom. The number of benzene rings is 1. The maximum Gasteiger partial charge on any atom is 0.236 e. The molecule has 0 aromatic heterocycles. The van der Waals surface area contributed by atoms with Crippen molar-refractivity contribution in [1.82, 2.24) is 4.31 Å². The molecule has 3 nitrogen and oxygen atoms in total. The van der Waals surface area contributed by atoms with Gasteiger partial charge in [0.2, 0.25) is 10.0 Å². The molecular weight excluding hydrogens is 222 g/mol. The van der Waals surface area contributed by atoms with Crippen LogP contribution in [0.25, 0.3) is 0 Å². The summed E-state index contributed by atoms with van der Waals surface area (Å²) >= 11 is 0. The summed E-state index contributed by atoms with van der Waals surface area (Å²) in [5, 5.41) is 0.996. The minimum absolute atomic E-state index is 0.0804. The number of sulfonamides is 1. The molecule has 0 radical (unpaired) electrons. The van der Waals surface area contributed by atoms with Gasteiger partial charge in [-0.3, -0.25) is 0 Å². The zero-order valence-electron chi connectivity index (χ0n) is 9.63. The molecule has 0 heterocycles. The zero-order chi connectivity index (χ0) is 12.2. The van der Waals surface area contributed by atoms with E-state index in [0.717, 1.165) is 11.0 Å². The predicted octanol–water partition coefficient (Wildman–Crippen LogP) is 2.37. The fraction of sp³-hybridized carbons (Fsp3) is 0.333. The minimum Gasteiger partial charge on any atom is -0.208 e.